The number of hydrogen-bond acceptors (Lipinski definition) is 6. The highest BCUT2D eigenvalue weighted by Gasteiger charge is 2.20. The lowest BCUT2D eigenvalue weighted by Crippen LogP contribution is -2.41. The normalized spacial score (nSPS) is 19.0. The molecule has 1 saturated carbocycles. The number of hydrazine groups is 1. The van der Waals surface area contributed by atoms with E-state index in [0.717, 1.165) is 35.8 Å². The SMILES string of the molecule is CN/C(=C\N(NC)C1CCCCC1)c1cnn2ccc(N3CCCC3)nc12. The van der Waals surface area contributed by atoms with E-state index in [0.29, 0.717) is 6.04 Å². The number of aromatic nitrogens is 3. The molecule has 0 aromatic carbocycles. The molecule has 3 heterocycles. The van der Waals surface area contributed by atoms with Crippen LogP contribution in [0.5, 0.6) is 0 Å². The predicted molar refractivity (Wildman–Crippen MR) is 109 cm³/mol. The van der Waals surface area contributed by atoms with E-state index < -0.39 is 0 Å². The summed E-state index contributed by atoms with van der Waals surface area (Å²) >= 11 is 0. The fraction of sp³-hybridized carbons (Fsp3) is 0.600. The monoisotopic (exact) mass is 369 g/mol. The van der Waals surface area contributed by atoms with Crippen molar-refractivity contribution < 1.29 is 0 Å². The highest BCUT2D eigenvalue weighted by atomic mass is 15.5. The van der Waals surface area contributed by atoms with Crippen LogP contribution in [0.4, 0.5) is 5.82 Å². The van der Waals surface area contributed by atoms with Crippen molar-refractivity contribution in [1.82, 2.24) is 30.3 Å². The number of nitrogens with one attached hydrogen (secondary N) is 2. The Hall–Kier alpha value is -2.28. The third-order valence-electron chi connectivity index (χ3n) is 5.84. The van der Waals surface area contributed by atoms with Crippen LogP contribution in [0.1, 0.15) is 50.5 Å². The number of hydrogen-bond donors (Lipinski definition) is 2. The standard InChI is InChI=1S/C20H31N7/c1-21-18(15-27(22-2)16-8-4-3-5-9-16)17-14-23-26-13-10-19(24-20(17)26)25-11-6-7-12-25/h10,13-16,21-22H,3-9,11-12H2,1-2H3/b18-15-. The second kappa shape index (κ2) is 8.17. The van der Waals surface area contributed by atoms with Gasteiger partial charge in [0.1, 0.15) is 5.82 Å². The molecule has 0 radical (unpaired) electrons. The molecule has 0 bridgehead atoms. The van der Waals surface area contributed by atoms with Crippen LogP contribution < -0.4 is 15.6 Å². The van der Waals surface area contributed by atoms with E-state index in [4.69, 9.17) is 4.98 Å². The summed E-state index contributed by atoms with van der Waals surface area (Å²) in [6, 6.07) is 2.61. The van der Waals surface area contributed by atoms with Gasteiger partial charge in [0, 0.05) is 45.6 Å². The van der Waals surface area contributed by atoms with Crippen molar-refractivity contribution in [3.05, 3.63) is 30.2 Å². The van der Waals surface area contributed by atoms with Crippen molar-refractivity contribution in [3.63, 3.8) is 0 Å². The van der Waals surface area contributed by atoms with Crippen LogP contribution >= 0.6 is 0 Å². The van der Waals surface area contributed by atoms with Gasteiger partial charge in [-0.2, -0.15) is 5.10 Å². The van der Waals surface area contributed by atoms with Crippen molar-refractivity contribution in [1.29, 1.82) is 0 Å². The van der Waals surface area contributed by atoms with Crippen LogP contribution in [0.2, 0.25) is 0 Å². The first-order valence-electron chi connectivity index (χ1n) is 10.2. The van der Waals surface area contributed by atoms with Crippen LogP contribution in [-0.2, 0) is 0 Å². The van der Waals surface area contributed by atoms with Gasteiger partial charge in [-0.25, -0.2) is 14.9 Å². The second-order valence-electron chi connectivity index (χ2n) is 7.52. The van der Waals surface area contributed by atoms with Crippen molar-refractivity contribution in [2.45, 2.75) is 51.0 Å². The summed E-state index contributed by atoms with van der Waals surface area (Å²) < 4.78 is 1.87. The lowest BCUT2D eigenvalue weighted by molar-refractivity contribution is 0.170. The molecule has 146 valence electrons. The molecule has 0 atom stereocenters. The molecule has 1 saturated heterocycles. The van der Waals surface area contributed by atoms with Gasteiger partial charge in [-0.15, -0.1) is 0 Å². The van der Waals surface area contributed by atoms with Gasteiger partial charge in [-0.1, -0.05) is 19.3 Å². The Morgan fingerprint density at radius 3 is 2.63 bits per heavy atom. The average molecular weight is 370 g/mol. The molecule has 27 heavy (non-hydrogen) atoms. The zero-order chi connectivity index (χ0) is 18.6. The smallest absolute Gasteiger partial charge is 0.166 e. The van der Waals surface area contributed by atoms with Crippen molar-refractivity contribution in [2.75, 3.05) is 32.1 Å². The van der Waals surface area contributed by atoms with Crippen molar-refractivity contribution in [2.24, 2.45) is 0 Å². The third kappa shape index (κ3) is 3.74. The molecule has 4 rings (SSSR count). The van der Waals surface area contributed by atoms with Gasteiger partial charge in [0.2, 0.25) is 0 Å². The van der Waals surface area contributed by atoms with Gasteiger partial charge >= 0.3 is 0 Å². The van der Waals surface area contributed by atoms with Gasteiger partial charge < -0.3 is 15.2 Å². The largest absolute Gasteiger partial charge is 0.386 e. The second-order valence-corrected chi connectivity index (χ2v) is 7.52. The molecule has 2 aliphatic rings. The van der Waals surface area contributed by atoms with E-state index in [2.05, 4.69) is 38.0 Å². The highest BCUT2D eigenvalue weighted by molar-refractivity contribution is 5.75. The summed E-state index contributed by atoms with van der Waals surface area (Å²) in [5.74, 6) is 1.05. The summed E-state index contributed by atoms with van der Waals surface area (Å²) in [5, 5.41) is 10.1. The predicted octanol–water partition coefficient (Wildman–Crippen LogP) is 2.62. The first kappa shape index (κ1) is 18.1. The Kier molecular flexibility index (Phi) is 5.48. The minimum atomic E-state index is 0.544. The number of anilines is 1. The molecular weight excluding hydrogens is 338 g/mol. The Balaban J connectivity index is 1.66. The van der Waals surface area contributed by atoms with Gasteiger partial charge in [0.05, 0.1) is 17.5 Å². The lowest BCUT2D eigenvalue weighted by Gasteiger charge is -2.33. The Morgan fingerprint density at radius 2 is 1.93 bits per heavy atom. The third-order valence-corrected chi connectivity index (χ3v) is 5.84. The van der Waals surface area contributed by atoms with Gasteiger partial charge in [0.25, 0.3) is 0 Å². The number of nitrogens with zero attached hydrogens (tertiary/aromatic N) is 5. The molecule has 0 unspecified atom stereocenters. The molecule has 7 nitrogen and oxygen atoms in total. The molecule has 1 aliphatic carbocycles. The lowest BCUT2D eigenvalue weighted by atomic mass is 9.95. The molecular formula is C20H31N7. The first-order valence-corrected chi connectivity index (χ1v) is 10.2. The zero-order valence-electron chi connectivity index (χ0n) is 16.5. The van der Waals surface area contributed by atoms with Crippen LogP contribution in [0.15, 0.2) is 24.7 Å². The summed E-state index contributed by atoms with van der Waals surface area (Å²) in [4.78, 5) is 7.30. The zero-order valence-corrected chi connectivity index (χ0v) is 16.5. The van der Waals surface area contributed by atoms with E-state index in [1.54, 1.807) is 0 Å². The van der Waals surface area contributed by atoms with E-state index >= 15 is 0 Å². The molecule has 2 aromatic heterocycles. The fourth-order valence-electron chi connectivity index (χ4n) is 4.29. The molecule has 2 N–H and O–H groups in total. The summed E-state index contributed by atoms with van der Waals surface area (Å²) in [5.41, 5.74) is 6.34. The number of rotatable bonds is 6. The molecule has 1 aliphatic heterocycles. The molecule has 2 aromatic rings. The maximum absolute atomic E-state index is 4.94. The Labute approximate surface area is 161 Å². The van der Waals surface area contributed by atoms with Crippen LogP contribution in [0, 0.1) is 0 Å². The van der Waals surface area contributed by atoms with Gasteiger partial charge in [0.15, 0.2) is 5.65 Å². The van der Waals surface area contributed by atoms with Gasteiger partial charge in [-0.3, -0.25) is 0 Å². The van der Waals surface area contributed by atoms with E-state index in [9.17, 15) is 0 Å². The van der Waals surface area contributed by atoms with E-state index in [1.165, 1.54) is 44.9 Å². The quantitative estimate of drug-likeness (QED) is 0.764. The Bertz CT molecular complexity index is 785. The molecule has 7 heteroatoms. The maximum Gasteiger partial charge on any atom is 0.166 e. The molecule has 2 fully saturated rings. The fourth-order valence-corrected chi connectivity index (χ4v) is 4.29. The maximum atomic E-state index is 4.94. The van der Waals surface area contributed by atoms with E-state index in [-0.39, 0.29) is 0 Å². The topological polar surface area (TPSA) is 60.7 Å². The van der Waals surface area contributed by atoms with Crippen LogP contribution in [-0.4, -0.2) is 52.8 Å². The molecule has 0 spiro atoms. The molecule has 0 amide bonds. The van der Waals surface area contributed by atoms with Crippen molar-refractivity contribution in [3.8, 4) is 0 Å². The van der Waals surface area contributed by atoms with E-state index in [1.807, 2.05) is 31.0 Å². The minimum absolute atomic E-state index is 0.544. The highest BCUT2D eigenvalue weighted by Crippen LogP contribution is 2.25. The Morgan fingerprint density at radius 1 is 1.15 bits per heavy atom. The minimum Gasteiger partial charge on any atom is -0.386 e. The van der Waals surface area contributed by atoms with Crippen molar-refractivity contribution >= 4 is 17.2 Å². The summed E-state index contributed by atoms with van der Waals surface area (Å²) in [7, 11) is 3.96. The van der Waals surface area contributed by atoms with Gasteiger partial charge in [-0.05, 0) is 31.7 Å². The number of fused-ring (bicyclic) bond motifs is 1. The average Bonchev–Trinajstić information content (AvgIpc) is 3.39. The first-order chi connectivity index (χ1) is 13.3. The van der Waals surface area contributed by atoms with Crippen LogP contribution in [0.3, 0.4) is 0 Å². The summed E-state index contributed by atoms with van der Waals surface area (Å²) in [6.07, 6.45) is 15.0. The van der Waals surface area contributed by atoms with Crippen LogP contribution in [0.25, 0.3) is 11.3 Å². The summed E-state index contributed by atoms with van der Waals surface area (Å²) in [6.45, 7) is 2.19.